The summed E-state index contributed by atoms with van der Waals surface area (Å²) in [6.07, 6.45) is 0.985. The van der Waals surface area contributed by atoms with Crippen LogP contribution in [0.2, 0.25) is 0 Å². The van der Waals surface area contributed by atoms with Crippen molar-refractivity contribution in [2.45, 2.75) is 12.0 Å². The molecule has 14 heavy (non-hydrogen) atoms. The van der Waals surface area contributed by atoms with E-state index in [1.54, 1.807) is 0 Å². The molecule has 0 amide bonds. The van der Waals surface area contributed by atoms with Gasteiger partial charge in [0.05, 0.1) is 12.1 Å². The summed E-state index contributed by atoms with van der Waals surface area (Å²) in [5.41, 5.74) is 6.08. The van der Waals surface area contributed by atoms with Gasteiger partial charge in [0.2, 0.25) is 0 Å². The molecule has 4 nitrogen and oxygen atoms in total. The molecule has 1 aliphatic rings. The average Bonchev–Trinajstić information content (AvgIpc) is 2.48. The molecule has 2 N–H and O–H groups in total. The van der Waals surface area contributed by atoms with E-state index >= 15 is 0 Å². The Hall–Kier alpha value is -0.160. The Labute approximate surface area is 87.0 Å². The molecule has 1 heterocycles. The number of nitrogens with zero attached hydrogens (tertiary/aromatic N) is 2. The third-order valence-electron chi connectivity index (χ3n) is 2.65. The van der Waals surface area contributed by atoms with Crippen LogP contribution in [0.25, 0.3) is 0 Å². The predicted octanol–water partition coefficient (Wildman–Crippen LogP) is -0.402. The van der Waals surface area contributed by atoms with E-state index in [9.17, 15) is 0 Å². The highest BCUT2D eigenvalue weighted by Crippen LogP contribution is 2.16. The monoisotopic (exact) mass is 201 g/mol. The second-order valence-corrected chi connectivity index (χ2v) is 4.71. The van der Waals surface area contributed by atoms with Gasteiger partial charge in [-0.05, 0) is 27.6 Å². The Kier molecular flexibility index (Phi) is 4.31. The van der Waals surface area contributed by atoms with E-state index in [2.05, 4.69) is 30.9 Å². The Bertz CT molecular complexity index is 167. The Morgan fingerprint density at radius 3 is 2.50 bits per heavy atom. The van der Waals surface area contributed by atoms with Crippen molar-refractivity contribution in [3.8, 4) is 0 Å². The molecule has 0 aromatic rings. The Morgan fingerprint density at radius 2 is 2.00 bits per heavy atom. The van der Waals surface area contributed by atoms with Gasteiger partial charge in [-0.25, -0.2) is 0 Å². The lowest BCUT2D eigenvalue weighted by Gasteiger charge is -2.29. The van der Waals surface area contributed by atoms with Crippen LogP contribution in [0.5, 0.6) is 0 Å². The molecular weight excluding hydrogens is 178 g/mol. The number of ether oxygens (including phenoxy) is 1. The third-order valence-corrected chi connectivity index (χ3v) is 2.65. The summed E-state index contributed by atoms with van der Waals surface area (Å²) in [5.74, 6) is 0. The molecule has 4 heteroatoms. The summed E-state index contributed by atoms with van der Waals surface area (Å²) in [6.45, 7) is 4.59. The van der Waals surface area contributed by atoms with Crippen molar-refractivity contribution in [2.75, 3.05) is 54.0 Å². The van der Waals surface area contributed by atoms with E-state index < -0.39 is 0 Å². The zero-order chi connectivity index (χ0) is 10.6. The van der Waals surface area contributed by atoms with Crippen molar-refractivity contribution in [1.82, 2.24) is 9.80 Å². The predicted molar refractivity (Wildman–Crippen MR) is 58.4 cm³/mol. The second-order valence-electron chi connectivity index (χ2n) is 4.71. The molecule has 0 spiro atoms. The maximum atomic E-state index is 6.19. The highest BCUT2D eigenvalue weighted by molar-refractivity contribution is 4.90. The minimum Gasteiger partial charge on any atom is -0.379 e. The lowest BCUT2D eigenvalue weighted by Crippen LogP contribution is -2.50. The fraction of sp³-hybridized carbons (Fsp3) is 1.00. The first kappa shape index (κ1) is 11.9. The quantitative estimate of drug-likeness (QED) is 0.657. The summed E-state index contributed by atoms with van der Waals surface area (Å²) in [4.78, 5) is 4.47. The van der Waals surface area contributed by atoms with Gasteiger partial charge in [0, 0.05) is 26.2 Å². The molecule has 1 unspecified atom stereocenters. The number of hydrogen-bond acceptors (Lipinski definition) is 4. The van der Waals surface area contributed by atoms with Crippen LogP contribution in [0, 0.1) is 0 Å². The second kappa shape index (κ2) is 5.07. The van der Waals surface area contributed by atoms with Crippen molar-refractivity contribution >= 4 is 0 Å². The number of likely N-dealkylation sites (N-methyl/N-ethyl adjacent to an activating group) is 2. The van der Waals surface area contributed by atoms with Crippen molar-refractivity contribution in [2.24, 2.45) is 5.73 Å². The molecule has 84 valence electrons. The SMILES string of the molecule is CN(C)CCN(C)CC1(N)CCOC1. The lowest BCUT2D eigenvalue weighted by molar-refractivity contribution is 0.158. The average molecular weight is 201 g/mol. The molecule has 0 aliphatic carbocycles. The fourth-order valence-corrected chi connectivity index (χ4v) is 1.74. The molecule has 0 saturated carbocycles. The molecule has 1 rings (SSSR count). The summed E-state index contributed by atoms with van der Waals surface area (Å²) >= 11 is 0. The summed E-state index contributed by atoms with van der Waals surface area (Å²) < 4.78 is 5.32. The van der Waals surface area contributed by atoms with Gasteiger partial charge in [0.15, 0.2) is 0 Å². The third kappa shape index (κ3) is 3.92. The standard InChI is InChI=1S/C10H23N3O/c1-12(2)5-6-13(3)8-10(11)4-7-14-9-10/h4-9,11H2,1-3H3. The molecule has 0 radical (unpaired) electrons. The van der Waals surface area contributed by atoms with E-state index in [-0.39, 0.29) is 5.54 Å². The largest absolute Gasteiger partial charge is 0.379 e. The molecule has 1 fully saturated rings. The van der Waals surface area contributed by atoms with E-state index in [1.165, 1.54) is 0 Å². The van der Waals surface area contributed by atoms with Crippen LogP contribution in [0.15, 0.2) is 0 Å². The van der Waals surface area contributed by atoms with E-state index in [1.807, 2.05) is 0 Å². The summed E-state index contributed by atoms with van der Waals surface area (Å²) in [5, 5.41) is 0. The number of hydrogen-bond donors (Lipinski definition) is 1. The first-order valence-corrected chi connectivity index (χ1v) is 5.22. The first-order chi connectivity index (χ1) is 6.52. The van der Waals surface area contributed by atoms with Gasteiger partial charge in [-0.2, -0.15) is 0 Å². The van der Waals surface area contributed by atoms with Crippen molar-refractivity contribution in [3.05, 3.63) is 0 Å². The lowest BCUT2D eigenvalue weighted by atomic mass is 10.00. The van der Waals surface area contributed by atoms with Crippen LogP contribution in [0.3, 0.4) is 0 Å². The van der Waals surface area contributed by atoms with Gasteiger partial charge in [0.25, 0.3) is 0 Å². The zero-order valence-corrected chi connectivity index (χ0v) is 9.62. The van der Waals surface area contributed by atoms with Crippen LogP contribution in [-0.4, -0.2) is 69.3 Å². The molecular formula is C10H23N3O. The first-order valence-electron chi connectivity index (χ1n) is 5.22. The Morgan fingerprint density at radius 1 is 1.29 bits per heavy atom. The normalized spacial score (nSPS) is 27.9. The molecule has 0 aromatic heterocycles. The van der Waals surface area contributed by atoms with Crippen molar-refractivity contribution < 1.29 is 4.74 Å². The highest BCUT2D eigenvalue weighted by Gasteiger charge is 2.31. The minimum absolute atomic E-state index is 0.110. The molecule has 1 saturated heterocycles. The van der Waals surface area contributed by atoms with Gasteiger partial charge < -0.3 is 20.3 Å². The number of rotatable bonds is 5. The van der Waals surface area contributed by atoms with Crippen LogP contribution in [0.4, 0.5) is 0 Å². The van der Waals surface area contributed by atoms with Gasteiger partial charge in [-0.1, -0.05) is 0 Å². The molecule has 1 aliphatic heterocycles. The highest BCUT2D eigenvalue weighted by atomic mass is 16.5. The molecule has 0 bridgehead atoms. The van der Waals surface area contributed by atoms with E-state index in [0.29, 0.717) is 6.61 Å². The van der Waals surface area contributed by atoms with E-state index in [0.717, 1.165) is 32.7 Å². The summed E-state index contributed by atoms with van der Waals surface area (Å²) in [7, 11) is 6.30. The van der Waals surface area contributed by atoms with Crippen LogP contribution in [-0.2, 0) is 4.74 Å². The smallest absolute Gasteiger partial charge is 0.0659 e. The van der Waals surface area contributed by atoms with Gasteiger partial charge in [-0.3, -0.25) is 0 Å². The molecule has 1 atom stereocenters. The Balaban J connectivity index is 2.21. The topological polar surface area (TPSA) is 41.7 Å². The van der Waals surface area contributed by atoms with Crippen molar-refractivity contribution in [1.29, 1.82) is 0 Å². The van der Waals surface area contributed by atoms with Gasteiger partial charge in [0.1, 0.15) is 0 Å². The maximum absolute atomic E-state index is 6.19. The van der Waals surface area contributed by atoms with Crippen molar-refractivity contribution in [3.63, 3.8) is 0 Å². The van der Waals surface area contributed by atoms with Crippen LogP contribution in [0.1, 0.15) is 6.42 Å². The van der Waals surface area contributed by atoms with E-state index in [4.69, 9.17) is 10.5 Å². The van der Waals surface area contributed by atoms with Crippen LogP contribution >= 0.6 is 0 Å². The maximum Gasteiger partial charge on any atom is 0.0659 e. The van der Waals surface area contributed by atoms with Gasteiger partial charge in [-0.15, -0.1) is 0 Å². The number of nitrogens with two attached hydrogens (primary N) is 1. The van der Waals surface area contributed by atoms with Gasteiger partial charge >= 0.3 is 0 Å². The summed E-state index contributed by atoms with van der Waals surface area (Å²) in [6, 6.07) is 0. The fourth-order valence-electron chi connectivity index (χ4n) is 1.74. The zero-order valence-electron chi connectivity index (χ0n) is 9.62. The minimum atomic E-state index is -0.110. The van der Waals surface area contributed by atoms with Crippen LogP contribution < -0.4 is 5.73 Å². The molecule has 0 aromatic carbocycles.